The molecule has 84 valence electrons. The molecule has 0 unspecified atom stereocenters. The number of rotatable bonds is 4. The van der Waals surface area contributed by atoms with Gasteiger partial charge in [0.2, 0.25) is 0 Å². The molecule has 1 heterocycles. The molecule has 2 rings (SSSR count). The zero-order valence-electron chi connectivity index (χ0n) is 9.31. The first-order chi connectivity index (χ1) is 7.18. The second-order valence-corrected chi connectivity index (χ2v) is 4.29. The molecule has 15 heavy (non-hydrogen) atoms. The van der Waals surface area contributed by atoms with E-state index in [1.807, 2.05) is 10.9 Å². The molecule has 1 N–H and O–H groups in total. The maximum atomic E-state index is 10.2. The van der Waals surface area contributed by atoms with E-state index in [9.17, 15) is 5.11 Å². The molecule has 1 aliphatic rings. The maximum Gasteiger partial charge on any atom is 0.0976 e. The molecule has 1 saturated carbocycles. The molecular formula is C11H18N2O2. The van der Waals surface area contributed by atoms with E-state index in [2.05, 4.69) is 12.0 Å². The second-order valence-electron chi connectivity index (χ2n) is 4.29. The van der Waals surface area contributed by atoms with Crippen molar-refractivity contribution < 1.29 is 9.84 Å². The van der Waals surface area contributed by atoms with Gasteiger partial charge in [-0.3, -0.25) is 4.68 Å². The zero-order chi connectivity index (χ0) is 10.9. The van der Waals surface area contributed by atoms with Crippen LogP contribution in [0.5, 0.6) is 0 Å². The van der Waals surface area contributed by atoms with Gasteiger partial charge in [0, 0.05) is 38.3 Å². The molecule has 1 aliphatic carbocycles. The molecule has 0 aliphatic heterocycles. The highest BCUT2D eigenvalue weighted by molar-refractivity contribution is 5.20. The van der Waals surface area contributed by atoms with E-state index in [4.69, 9.17) is 4.74 Å². The summed E-state index contributed by atoms with van der Waals surface area (Å²) < 4.78 is 7.05. The molecule has 1 aromatic heterocycles. The van der Waals surface area contributed by atoms with Crippen molar-refractivity contribution in [3.05, 3.63) is 18.0 Å². The topological polar surface area (TPSA) is 47.3 Å². The first-order valence-electron chi connectivity index (χ1n) is 5.46. The Hall–Kier alpha value is -0.870. The fraction of sp³-hybridized carbons (Fsp3) is 0.727. The van der Waals surface area contributed by atoms with Gasteiger partial charge < -0.3 is 9.84 Å². The van der Waals surface area contributed by atoms with Crippen molar-refractivity contribution in [2.75, 3.05) is 7.11 Å². The van der Waals surface area contributed by atoms with Gasteiger partial charge in [0.25, 0.3) is 0 Å². The highest BCUT2D eigenvalue weighted by Gasteiger charge is 2.45. The Morgan fingerprint density at radius 1 is 1.67 bits per heavy atom. The van der Waals surface area contributed by atoms with Crippen LogP contribution in [0.2, 0.25) is 0 Å². The quantitative estimate of drug-likeness (QED) is 0.814. The lowest BCUT2D eigenvalue weighted by Gasteiger charge is -2.42. The summed E-state index contributed by atoms with van der Waals surface area (Å²) in [6, 6.07) is 0. The number of methoxy groups -OCH3 is 1. The lowest BCUT2D eigenvalue weighted by Crippen LogP contribution is -2.45. The molecule has 0 bridgehead atoms. The van der Waals surface area contributed by atoms with Crippen LogP contribution >= 0.6 is 0 Å². The molecule has 0 spiro atoms. The predicted molar refractivity (Wildman–Crippen MR) is 56.4 cm³/mol. The fourth-order valence-corrected chi connectivity index (χ4v) is 2.05. The van der Waals surface area contributed by atoms with Gasteiger partial charge in [-0.15, -0.1) is 0 Å². The summed E-state index contributed by atoms with van der Waals surface area (Å²) in [4.78, 5) is 0. The molecule has 0 amide bonds. The van der Waals surface area contributed by atoms with E-state index in [0.717, 1.165) is 18.5 Å². The van der Waals surface area contributed by atoms with Crippen LogP contribution in [-0.2, 0) is 16.9 Å². The first kappa shape index (κ1) is 10.6. The molecule has 0 aromatic carbocycles. The Labute approximate surface area is 89.9 Å². The molecule has 4 nitrogen and oxygen atoms in total. The average Bonchev–Trinajstić information content (AvgIpc) is 2.62. The van der Waals surface area contributed by atoms with E-state index < -0.39 is 5.60 Å². The Balaban J connectivity index is 2.03. The summed E-state index contributed by atoms with van der Waals surface area (Å²) in [5.41, 5.74) is 0.219. The minimum Gasteiger partial charge on any atom is -0.385 e. The molecule has 0 radical (unpaired) electrons. The zero-order valence-corrected chi connectivity index (χ0v) is 9.31. The van der Waals surface area contributed by atoms with Gasteiger partial charge in [-0.25, -0.2) is 0 Å². The van der Waals surface area contributed by atoms with E-state index in [-0.39, 0.29) is 6.10 Å². The smallest absolute Gasteiger partial charge is 0.0976 e. The Bertz CT molecular complexity index is 329. The standard InChI is InChI=1S/C11H18N2O2/c1-3-4-13-8-9(7-12-13)11(14)5-10(6-11)15-2/h7-8,10,14H,3-6H2,1-2H3. The van der Waals surface area contributed by atoms with Crippen molar-refractivity contribution in [3.63, 3.8) is 0 Å². The third kappa shape index (κ3) is 1.92. The summed E-state index contributed by atoms with van der Waals surface area (Å²) in [5.74, 6) is 0. The van der Waals surface area contributed by atoms with E-state index >= 15 is 0 Å². The summed E-state index contributed by atoms with van der Waals surface area (Å²) in [6.07, 6.45) is 6.32. The van der Waals surface area contributed by atoms with Gasteiger partial charge in [0.1, 0.15) is 0 Å². The lowest BCUT2D eigenvalue weighted by molar-refractivity contribution is -0.133. The van der Waals surface area contributed by atoms with Crippen molar-refractivity contribution in [3.8, 4) is 0 Å². The molecule has 0 saturated heterocycles. The number of hydrogen-bond donors (Lipinski definition) is 1. The maximum absolute atomic E-state index is 10.2. The fourth-order valence-electron chi connectivity index (χ4n) is 2.05. The van der Waals surface area contributed by atoms with Crippen molar-refractivity contribution in [1.82, 2.24) is 9.78 Å². The molecule has 4 heteroatoms. The van der Waals surface area contributed by atoms with Crippen LogP contribution in [0.4, 0.5) is 0 Å². The Morgan fingerprint density at radius 3 is 3.00 bits per heavy atom. The highest BCUT2D eigenvalue weighted by atomic mass is 16.5. The van der Waals surface area contributed by atoms with Crippen molar-refractivity contribution >= 4 is 0 Å². The summed E-state index contributed by atoms with van der Waals surface area (Å²) in [6.45, 7) is 3.02. The summed E-state index contributed by atoms with van der Waals surface area (Å²) in [7, 11) is 1.69. The number of aromatic nitrogens is 2. The molecule has 0 atom stereocenters. The predicted octanol–water partition coefficient (Wildman–Crippen LogP) is 1.29. The third-order valence-electron chi connectivity index (χ3n) is 3.09. The Morgan fingerprint density at radius 2 is 2.40 bits per heavy atom. The van der Waals surface area contributed by atoms with Crippen LogP contribution in [0.15, 0.2) is 12.4 Å². The largest absolute Gasteiger partial charge is 0.385 e. The summed E-state index contributed by atoms with van der Waals surface area (Å²) in [5, 5.41) is 14.5. The normalized spacial score (nSPS) is 30.2. The number of aryl methyl sites for hydroxylation is 1. The number of hydrogen-bond acceptors (Lipinski definition) is 3. The number of nitrogens with zero attached hydrogens (tertiary/aromatic N) is 2. The van der Waals surface area contributed by atoms with Crippen LogP contribution in [0.1, 0.15) is 31.7 Å². The van der Waals surface area contributed by atoms with E-state index in [0.29, 0.717) is 12.8 Å². The number of ether oxygens (including phenoxy) is 1. The van der Waals surface area contributed by atoms with Gasteiger partial charge in [0.05, 0.1) is 17.9 Å². The van der Waals surface area contributed by atoms with Gasteiger partial charge in [-0.05, 0) is 6.42 Å². The molecular weight excluding hydrogens is 192 g/mol. The minimum atomic E-state index is -0.702. The monoisotopic (exact) mass is 210 g/mol. The van der Waals surface area contributed by atoms with Crippen LogP contribution in [0, 0.1) is 0 Å². The first-order valence-corrected chi connectivity index (χ1v) is 5.46. The number of aliphatic hydroxyl groups is 1. The van der Waals surface area contributed by atoms with Crippen LogP contribution in [0.3, 0.4) is 0 Å². The Kier molecular flexibility index (Phi) is 2.80. The van der Waals surface area contributed by atoms with E-state index in [1.165, 1.54) is 0 Å². The van der Waals surface area contributed by atoms with Crippen molar-refractivity contribution in [2.24, 2.45) is 0 Å². The van der Waals surface area contributed by atoms with Crippen LogP contribution in [0.25, 0.3) is 0 Å². The van der Waals surface area contributed by atoms with Gasteiger partial charge in [-0.1, -0.05) is 6.92 Å². The van der Waals surface area contributed by atoms with Crippen LogP contribution < -0.4 is 0 Å². The SMILES string of the molecule is CCCn1cc(C2(O)CC(OC)C2)cn1. The van der Waals surface area contributed by atoms with Gasteiger partial charge >= 0.3 is 0 Å². The van der Waals surface area contributed by atoms with Gasteiger partial charge in [0.15, 0.2) is 0 Å². The third-order valence-corrected chi connectivity index (χ3v) is 3.09. The molecule has 1 aromatic rings. The average molecular weight is 210 g/mol. The van der Waals surface area contributed by atoms with Crippen molar-refractivity contribution in [2.45, 2.75) is 44.4 Å². The summed E-state index contributed by atoms with van der Waals surface area (Å²) >= 11 is 0. The van der Waals surface area contributed by atoms with E-state index in [1.54, 1.807) is 13.3 Å². The second kappa shape index (κ2) is 3.94. The highest BCUT2D eigenvalue weighted by Crippen LogP contribution is 2.42. The van der Waals surface area contributed by atoms with Gasteiger partial charge in [-0.2, -0.15) is 5.10 Å². The molecule has 1 fully saturated rings. The lowest BCUT2D eigenvalue weighted by atomic mass is 9.74. The van der Waals surface area contributed by atoms with Crippen molar-refractivity contribution in [1.29, 1.82) is 0 Å². The van der Waals surface area contributed by atoms with Crippen LogP contribution in [-0.4, -0.2) is 28.1 Å². The minimum absolute atomic E-state index is 0.199.